The third-order valence-corrected chi connectivity index (χ3v) is 4.12. The van der Waals surface area contributed by atoms with Gasteiger partial charge in [-0.25, -0.2) is 0 Å². The van der Waals surface area contributed by atoms with E-state index in [9.17, 15) is 9.59 Å². The predicted octanol–water partition coefficient (Wildman–Crippen LogP) is 3.41. The number of rotatable bonds is 8. The number of Topliss-reactive ketones (excluding diaryl/α,β-unsaturated/α-hetero) is 1. The molecule has 0 aliphatic rings. The lowest BCUT2D eigenvalue weighted by Crippen LogP contribution is -2.52. The van der Waals surface area contributed by atoms with E-state index in [2.05, 4.69) is 15.6 Å². The summed E-state index contributed by atoms with van der Waals surface area (Å²) in [6.07, 6.45) is 3.11. The summed E-state index contributed by atoms with van der Waals surface area (Å²) < 4.78 is 0. The fraction of sp³-hybridized carbons (Fsp3) is 0.409. The maximum Gasteiger partial charge on any atom is 0.289 e. The number of hydrogen-bond donors (Lipinski definition) is 2. The molecule has 2 N–H and O–H groups in total. The van der Waals surface area contributed by atoms with Crippen molar-refractivity contribution in [2.24, 2.45) is 0 Å². The fourth-order valence-corrected chi connectivity index (χ4v) is 2.96. The molecule has 2 rings (SSSR count). The average molecular weight is 367 g/mol. The molecule has 0 bridgehead atoms. The lowest BCUT2D eigenvalue weighted by molar-refractivity contribution is -0.139. The highest BCUT2D eigenvalue weighted by Crippen LogP contribution is 2.20. The Kier molecular flexibility index (Phi) is 7.25. The number of ketones is 1. The molecule has 0 saturated carbocycles. The number of aromatic nitrogens is 1. The minimum absolute atomic E-state index is 0.254. The van der Waals surface area contributed by atoms with Crippen molar-refractivity contribution in [3.05, 3.63) is 66.0 Å². The standard InChI is InChI=1S/C22H29N3O2/c1-5-11-18(25-22(2,3)4)20(26)21(27)24-19(16-12-7-6-8-13-16)17-14-9-10-15-23-17/h6-10,12-15,18-19,25H,5,11H2,1-4H3,(H,24,27). The summed E-state index contributed by atoms with van der Waals surface area (Å²) in [5.74, 6) is -1.03. The summed E-state index contributed by atoms with van der Waals surface area (Å²) in [5, 5.41) is 6.15. The summed E-state index contributed by atoms with van der Waals surface area (Å²) in [5.41, 5.74) is 1.32. The molecule has 0 saturated heterocycles. The number of pyridine rings is 1. The molecule has 144 valence electrons. The fourth-order valence-electron chi connectivity index (χ4n) is 2.96. The SMILES string of the molecule is CCCC(NC(C)(C)C)C(=O)C(=O)NC(c1ccccc1)c1ccccn1. The Hall–Kier alpha value is -2.53. The van der Waals surface area contributed by atoms with Gasteiger partial charge in [0.05, 0.1) is 17.8 Å². The van der Waals surface area contributed by atoms with Crippen LogP contribution in [0.2, 0.25) is 0 Å². The normalized spacial score (nSPS) is 13.6. The molecule has 0 spiro atoms. The topological polar surface area (TPSA) is 71.1 Å². The van der Waals surface area contributed by atoms with Crippen molar-refractivity contribution in [1.29, 1.82) is 0 Å². The first-order valence-electron chi connectivity index (χ1n) is 9.40. The Morgan fingerprint density at radius 2 is 1.70 bits per heavy atom. The van der Waals surface area contributed by atoms with Crippen LogP contribution >= 0.6 is 0 Å². The van der Waals surface area contributed by atoms with Crippen LogP contribution in [0.15, 0.2) is 54.7 Å². The summed E-state index contributed by atoms with van der Waals surface area (Å²) in [6.45, 7) is 7.97. The van der Waals surface area contributed by atoms with E-state index in [4.69, 9.17) is 0 Å². The maximum atomic E-state index is 12.8. The van der Waals surface area contributed by atoms with E-state index in [1.165, 1.54) is 0 Å². The highest BCUT2D eigenvalue weighted by atomic mass is 16.2. The van der Waals surface area contributed by atoms with Gasteiger partial charge in [0.2, 0.25) is 5.78 Å². The molecular weight excluding hydrogens is 338 g/mol. The van der Waals surface area contributed by atoms with Crippen molar-refractivity contribution in [3.8, 4) is 0 Å². The highest BCUT2D eigenvalue weighted by Gasteiger charge is 2.30. The molecule has 0 aliphatic heterocycles. The van der Waals surface area contributed by atoms with Crippen molar-refractivity contribution in [1.82, 2.24) is 15.6 Å². The molecule has 5 heteroatoms. The van der Waals surface area contributed by atoms with Gasteiger partial charge in [-0.3, -0.25) is 14.6 Å². The summed E-state index contributed by atoms with van der Waals surface area (Å²) in [6, 6.07) is 14.1. The van der Waals surface area contributed by atoms with Gasteiger partial charge in [0.15, 0.2) is 0 Å². The third kappa shape index (κ3) is 6.29. The van der Waals surface area contributed by atoms with Gasteiger partial charge < -0.3 is 10.6 Å². The molecule has 1 aromatic heterocycles. The molecule has 2 aromatic rings. The first kappa shape index (κ1) is 20.8. The number of nitrogens with zero attached hydrogens (tertiary/aromatic N) is 1. The van der Waals surface area contributed by atoms with Gasteiger partial charge in [-0.05, 0) is 44.9 Å². The minimum atomic E-state index is -0.593. The number of carbonyl (C=O) groups excluding carboxylic acids is 2. The van der Waals surface area contributed by atoms with Crippen LogP contribution in [0.1, 0.15) is 57.8 Å². The van der Waals surface area contributed by atoms with Gasteiger partial charge in [-0.15, -0.1) is 0 Å². The van der Waals surface area contributed by atoms with Crippen molar-refractivity contribution >= 4 is 11.7 Å². The second kappa shape index (κ2) is 9.42. The predicted molar refractivity (Wildman–Crippen MR) is 107 cm³/mol. The van der Waals surface area contributed by atoms with E-state index in [0.717, 1.165) is 12.0 Å². The van der Waals surface area contributed by atoms with Gasteiger partial charge in [0.1, 0.15) is 0 Å². The van der Waals surface area contributed by atoms with Crippen molar-refractivity contribution < 1.29 is 9.59 Å². The van der Waals surface area contributed by atoms with E-state index in [-0.39, 0.29) is 5.54 Å². The number of hydrogen-bond acceptors (Lipinski definition) is 4. The molecule has 5 nitrogen and oxygen atoms in total. The van der Waals surface area contributed by atoms with Gasteiger partial charge in [0.25, 0.3) is 5.91 Å². The van der Waals surface area contributed by atoms with Crippen molar-refractivity contribution in [2.75, 3.05) is 0 Å². The first-order chi connectivity index (χ1) is 12.8. The first-order valence-corrected chi connectivity index (χ1v) is 9.40. The quantitative estimate of drug-likeness (QED) is 0.702. The number of benzene rings is 1. The smallest absolute Gasteiger partial charge is 0.289 e. The monoisotopic (exact) mass is 367 g/mol. The third-order valence-electron chi connectivity index (χ3n) is 4.12. The Labute approximate surface area is 161 Å². The zero-order valence-corrected chi connectivity index (χ0v) is 16.5. The molecule has 1 aromatic carbocycles. The zero-order valence-electron chi connectivity index (χ0n) is 16.5. The lowest BCUT2D eigenvalue weighted by Gasteiger charge is -2.28. The Morgan fingerprint density at radius 1 is 1.04 bits per heavy atom. The summed E-state index contributed by atoms with van der Waals surface area (Å²) >= 11 is 0. The molecule has 0 aliphatic carbocycles. The van der Waals surface area contributed by atoms with Gasteiger partial charge in [0, 0.05) is 11.7 Å². The Morgan fingerprint density at radius 3 is 2.26 bits per heavy atom. The van der Waals surface area contributed by atoms with Crippen LogP contribution in [0.4, 0.5) is 0 Å². The van der Waals surface area contributed by atoms with Crippen LogP contribution in [0.25, 0.3) is 0 Å². The highest BCUT2D eigenvalue weighted by molar-refractivity contribution is 6.38. The Bertz CT molecular complexity index is 700. The molecular formula is C22H29N3O2. The molecule has 0 radical (unpaired) electrons. The van der Waals surface area contributed by atoms with E-state index in [1.807, 2.05) is 76.2 Å². The average Bonchev–Trinajstić information content (AvgIpc) is 2.65. The minimum Gasteiger partial charge on any atom is -0.337 e. The molecule has 27 heavy (non-hydrogen) atoms. The van der Waals surface area contributed by atoms with E-state index < -0.39 is 23.8 Å². The molecule has 1 amide bonds. The van der Waals surface area contributed by atoms with Gasteiger partial charge >= 0.3 is 0 Å². The largest absolute Gasteiger partial charge is 0.337 e. The van der Waals surface area contributed by atoms with Crippen LogP contribution in [0.5, 0.6) is 0 Å². The van der Waals surface area contributed by atoms with Gasteiger partial charge in [-0.1, -0.05) is 49.7 Å². The Balaban J connectivity index is 2.23. The summed E-state index contributed by atoms with van der Waals surface area (Å²) in [7, 11) is 0. The molecule has 0 fully saturated rings. The number of amides is 1. The second-order valence-corrected chi connectivity index (χ2v) is 7.67. The van der Waals surface area contributed by atoms with E-state index >= 15 is 0 Å². The van der Waals surface area contributed by atoms with Crippen LogP contribution in [0, 0.1) is 0 Å². The maximum absolute atomic E-state index is 12.8. The van der Waals surface area contributed by atoms with Crippen LogP contribution < -0.4 is 10.6 Å². The lowest BCUT2D eigenvalue weighted by atomic mass is 9.99. The van der Waals surface area contributed by atoms with Crippen LogP contribution in [-0.4, -0.2) is 28.3 Å². The van der Waals surface area contributed by atoms with E-state index in [0.29, 0.717) is 12.1 Å². The van der Waals surface area contributed by atoms with Crippen LogP contribution in [-0.2, 0) is 9.59 Å². The van der Waals surface area contributed by atoms with Crippen molar-refractivity contribution in [3.63, 3.8) is 0 Å². The zero-order chi connectivity index (χ0) is 19.9. The summed E-state index contributed by atoms with van der Waals surface area (Å²) in [4.78, 5) is 30.0. The van der Waals surface area contributed by atoms with Crippen molar-refractivity contribution in [2.45, 2.75) is 58.2 Å². The molecule has 2 unspecified atom stereocenters. The molecule has 1 heterocycles. The second-order valence-electron chi connectivity index (χ2n) is 7.67. The van der Waals surface area contributed by atoms with Crippen LogP contribution in [0.3, 0.4) is 0 Å². The van der Waals surface area contributed by atoms with E-state index in [1.54, 1.807) is 6.20 Å². The number of nitrogens with one attached hydrogen (secondary N) is 2. The number of carbonyl (C=O) groups is 2. The molecule has 2 atom stereocenters. The van der Waals surface area contributed by atoms with Gasteiger partial charge in [-0.2, -0.15) is 0 Å².